The van der Waals surface area contributed by atoms with Gasteiger partial charge in [0.15, 0.2) is 12.2 Å². The second kappa shape index (κ2) is 9.22. The molecule has 1 atom stereocenters. The summed E-state index contributed by atoms with van der Waals surface area (Å²) in [4.78, 5) is 0. The number of rotatable bonds is 7. The van der Waals surface area contributed by atoms with Crippen LogP contribution in [-0.4, -0.2) is 0 Å². The highest BCUT2D eigenvalue weighted by Crippen LogP contribution is 2.49. The van der Waals surface area contributed by atoms with Gasteiger partial charge >= 0.3 is 0 Å². The van der Waals surface area contributed by atoms with E-state index in [4.69, 9.17) is 0 Å². The molecule has 1 aliphatic rings. The van der Waals surface area contributed by atoms with Gasteiger partial charge in [-0.3, -0.25) is 0 Å². The second-order valence-electron chi connectivity index (χ2n) is 9.74. The number of benzene rings is 2. The van der Waals surface area contributed by atoms with E-state index in [0.717, 1.165) is 6.42 Å². The smallest absolute Gasteiger partial charge is 0.195 e. The zero-order valence-corrected chi connectivity index (χ0v) is 21.0. The fourth-order valence-electron chi connectivity index (χ4n) is 6.27. The summed E-state index contributed by atoms with van der Waals surface area (Å²) in [5.74, 6) is 0. The Balaban J connectivity index is 1.89. The molecule has 1 heteroatoms. The third-order valence-electron chi connectivity index (χ3n) is 8.14. The summed E-state index contributed by atoms with van der Waals surface area (Å²) in [5.41, 5.74) is 11.6. The lowest BCUT2D eigenvalue weighted by atomic mass is 9.65. The molecule has 32 heavy (non-hydrogen) atoms. The van der Waals surface area contributed by atoms with E-state index in [9.17, 15) is 0 Å². The Bertz CT molecular complexity index is 1100. The number of aryl methyl sites for hydroxylation is 3. The molecule has 0 saturated carbocycles. The largest absolute Gasteiger partial charge is 0.213 e. The summed E-state index contributed by atoms with van der Waals surface area (Å²) in [5, 5.41) is 0. The Hall–Kier alpha value is -2.41. The van der Waals surface area contributed by atoms with Gasteiger partial charge in [-0.25, -0.2) is 0 Å². The minimum Gasteiger partial charge on any atom is -0.195 e. The van der Waals surface area contributed by atoms with Crippen LogP contribution in [0.1, 0.15) is 88.1 Å². The van der Waals surface area contributed by atoms with Gasteiger partial charge < -0.3 is 0 Å². The first-order valence-electron chi connectivity index (χ1n) is 12.8. The number of hydrogen-bond donors (Lipinski definition) is 0. The molecular formula is C31H40N+. The minimum atomic E-state index is 0.191. The molecule has 1 aromatic heterocycles. The zero-order valence-electron chi connectivity index (χ0n) is 21.0. The van der Waals surface area contributed by atoms with Gasteiger partial charge in [0.05, 0.1) is 11.0 Å². The van der Waals surface area contributed by atoms with E-state index in [0.29, 0.717) is 6.04 Å². The van der Waals surface area contributed by atoms with E-state index in [1.165, 1.54) is 71.2 Å². The van der Waals surface area contributed by atoms with Gasteiger partial charge in [-0.15, -0.1) is 0 Å². The summed E-state index contributed by atoms with van der Waals surface area (Å²) in [6.07, 6.45) is 9.49. The summed E-state index contributed by atoms with van der Waals surface area (Å²) in [6, 6.07) is 19.4. The Kier molecular flexibility index (Phi) is 6.56. The first-order valence-corrected chi connectivity index (χ1v) is 12.8. The van der Waals surface area contributed by atoms with Crippen molar-refractivity contribution in [3.63, 3.8) is 0 Å². The summed E-state index contributed by atoms with van der Waals surface area (Å²) >= 11 is 0. The molecule has 3 aromatic rings. The average molecular weight is 427 g/mol. The monoisotopic (exact) mass is 426 g/mol. The number of nitrogens with zero attached hydrogens (tertiary/aromatic N) is 1. The molecule has 0 fully saturated rings. The Morgan fingerprint density at radius 2 is 1.62 bits per heavy atom. The van der Waals surface area contributed by atoms with Gasteiger partial charge in [0, 0.05) is 18.6 Å². The van der Waals surface area contributed by atoms with Crippen LogP contribution < -0.4 is 4.57 Å². The Morgan fingerprint density at radius 3 is 2.31 bits per heavy atom. The van der Waals surface area contributed by atoms with Gasteiger partial charge in [0.1, 0.15) is 0 Å². The van der Waals surface area contributed by atoms with Crippen LogP contribution in [0, 0.1) is 13.8 Å². The van der Waals surface area contributed by atoms with E-state index >= 15 is 0 Å². The van der Waals surface area contributed by atoms with Gasteiger partial charge in [-0.1, -0.05) is 58.4 Å². The van der Waals surface area contributed by atoms with Crippen molar-refractivity contribution in [2.24, 2.45) is 0 Å². The Morgan fingerprint density at radius 1 is 0.844 bits per heavy atom. The molecule has 168 valence electrons. The first-order chi connectivity index (χ1) is 15.5. The average Bonchev–Trinajstić information content (AvgIpc) is 2.83. The molecule has 0 radical (unpaired) electrons. The fourth-order valence-corrected chi connectivity index (χ4v) is 6.27. The van der Waals surface area contributed by atoms with Gasteiger partial charge in [-0.05, 0) is 85.0 Å². The topological polar surface area (TPSA) is 3.88 Å². The summed E-state index contributed by atoms with van der Waals surface area (Å²) in [7, 11) is 0. The van der Waals surface area contributed by atoms with Crippen molar-refractivity contribution in [1.82, 2.24) is 0 Å². The molecule has 1 nitrogen and oxygen atoms in total. The van der Waals surface area contributed by atoms with E-state index in [-0.39, 0.29) is 5.41 Å². The van der Waals surface area contributed by atoms with Crippen molar-refractivity contribution in [3.8, 4) is 22.4 Å². The third-order valence-corrected chi connectivity index (χ3v) is 8.14. The van der Waals surface area contributed by atoms with E-state index in [1.807, 2.05) is 0 Å². The molecule has 0 N–H and O–H groups in total. The van der Waals surface area contributed by atoms with Crippen molar-refractivity contribution in [2.75, 3.05) is 0 Å². The highest BCUT2D eigenvalue weighted by molar-refractivity contribution is 5.77. The number of aromatic nitrogens is 1. The maximum Gasteiger partial charge on any atom is 0.213 e. The van der Waals surface area contributed by atoms with Crippen molar-refractivity contribution in [2.45, 2.75) is 91.5 Å². The highest BCUT2D eigenvalue weighted by Gasteiger charge is 2.48. The maximum atomic E-state index is 2.56. The molecular weight excluding hydrogens is 386 g/mol. The summed E-state index contributed by atoms with van der Waals surface area (Å²) < 4.78 is 2.56. The number of pyridine rings is 1. The lowest BCUT2D eigenvalue weighted by molar-refractivity contribution is -0.725. The van der Waals surface area contributed by atoms with Crippen LogP contribution in [0.3, 0.4) is 0 Å². The van der Waals surface area contributed by atoms with Crippen molar-refractivity contribution in [3.05, 3.63) is 77.0 Å². The van der Waals surface area contributed by atoms with Gasteiger partial charge in [0.25, 0.3) is 0 Å². The Labute approximate surface area is 195 Å². The van der Waals surface area contributed by atoms with E-state index in [1.54, 1.807) is 5.56 Å². The summed E-state index contributed by atoms with van der Waals surface area (Å²) in [6.45, 7) is 13.9. The predicted octanol–water partition coefficient (Wildman–Crippen LogP) is 8.29. The quantitative estimate of drug-likeness (QED) is 0.335. The number of fused-ring (bicyclic) bond motifs is 3. The van der Waals surface area contributed by atoms with Crippen molar-refractivity contribution in [1.29, 1.82) is 0 Å². The van der Waals surface area contributed by atoms with Crippen LogP contribution in [0.5, 0.6) is 0 Å². The number of unbranched alkanes of at least 4 members (excludes halogenated alkanes) is 1. The molecule has 4 rings (SSSR count). The van der Waals surface area contributed by atoms with E-state index < -0.39 is 0 Å². The van der Waals surface area contributed by atoms with Gasteiger partial charge in [-0.2, -0.15) is 4.57 Å². The van der Waals surface area contributed by atoms with Crippen LogP contribution in [-0.2, 0) is 11.8 Å². The van der Waals surface area contributed by atoms with Crippen LogP contribution in [0.25, 0.3) is 22.4 Å². The van der Waals surface area contributed by atoms with Crippen LogP contribution in [0.15, 0.2) is 54.7 Å². The molecule has 0 saturated heterocycles. The first kappa shape index (κ1) is 22.8. The molecule has 2 aromatic carbocycles. The van der Waals surface area contributed by atoms with Crippen molar-refractivity contribution >= 4 is 0 Å². The lowest BCUT2D eigenvalue weighted by Gasteiger charge is -2.41. The van der Waals surface area contributed by atoms with Crippen LogP contribution >= 0.6 is 0 Å². The second-order valence-corrected chi connectivity index (χ2v) is 9.74. The SMILES string of the molecule is CCCCc1cc(C)c(-c2ccc3c(c2)-c2cccc[n+]2C(CC)C3(CC)CC)cc1C. The molecule has 0 spiro atoms. The van der Waals surface area contributed by atoms with Crippen LogP contribution in [0.2, 0.25) is 0 Å². The molecule has 1 aliphatic heterocycles. The third kappa shape index (κ3) is 3.60. The molecule has 2 heterocycles. The standard InChI is InChI=1S/C31H40N/c1-7-11-14-24-19-23(6)26(20-22(24)5)25-16-17-28-27(21-25)29-15-12-13-18-32(29)30(8-2)31(28,9-3)10-4/h12-13,15-21,30H,7-11,14H2,1-6H3/q+1. The predicted molar refractivity (Wildman–Crippen MR) is 137 cm³/mol. The highest BCUT2D eigenvalue weighted by atomic mass is 15.0. The minimum absolute atomic E-state index is 0.191. The van der Waals surface area contributed by atoms with Crippen molar-refractivity contribution < 1.29 is 4.57 Å². The number of hydrogen-bond acceptors (Lipinski definition) is 0. The zero-order chi connectivity index (χ0) is 22.9. The molecule has 0 aliphatic carbocycles. The molecule has 0 amide bonds. The van der Waals surface area contributed by atoms with Gasteiger partial charge in [0.2, 0.25) is 5.69 Å². The molecule has 1 unspecified atom stereocenters. The van der Waals surface area contributed by atoms with E-state index in [2.05, 4.69) is 101 Å². The fraction of sp³-hybridized carbons (Fsp3) is 0.452. The normalized spacial score (nSPS) is 16.5. The lowest BCUT2D eigenvalue weighted by Crippen LogP contribution is -2.55. The molecule has 0 bridgehead atoms. The van der Waals surface area contributed by atoms with Crippen LogP contribution in [0.4, 0.5) is 0 Å². The maximum absolute atomic E-state index is 2.56.